The molecule has 0 atom stereocenters. The minimum Gasteiger partial charge on any atom is -0.350 e. The standard InChI is InChI=1S/C20H19Cl2N3O/c1-13(2)12-23-20(26)19-11-18(16-8-3-4-9-17(16)22)24-25(19)15-7-5-6-14(21)10-15/h3-11,13H,12H2,1-2H3,(H,23,26). The molecular weight excluding hydrogens is 369 g/mol. The molecule has 0 aliphatic rings. The summed E-state index contributed by atoms with van der Waals surface area (Å²) in [5.41, 5.74) is 2.55. The summed E-state index contributed by atoms with van der Waals surface area (Å²) in [7, 11) is 0. The maximum Gasteiger partial charge on any atom is 0.270 e. The van der Waals surface area contributed by atoms with Crippen LogP contribution in [-0.2, 0) is 0 Å². The third-order valence-electron chi connectivity index (χ3n) is 3.82. The summed E-state index contributed by atoms with van der Waals surface area (Å²) < 4.78 is 1.60. The van der Waals surface area contributed by atoms with E-state index in [-0.39, 0.29) is 5.91 Å². The summed E-state index contributed by atoms with van der Waals surface area (Å²) in [6, 6.07) is 16.4. The predicted molar refractivity (Wildman–Crippen MR) is 106 cm³/mol. The molecule has 1 amide bonds. The predicted octanol–water partition coefficient (Wildman–Crippen LogP) is 5.23. The van der Waals surface area contributed by atoms with Gasteiger partial charge in [-0.3, -0.25) is 4.79 Å². The van der Waals surface area contributed by atoms with Crippen molar-refractivity contribution in [3.8, 4) is 16.9 Å². The van der Waals surface area contributed by atoms with Crippen LogP contribution < -0.4 is 5.32 Å². The van der Waals surface area contributed by atoms with Crippen LogP contribution in [0, 0.1) is 5.92 Å². The van der Waals surface area contributed by atoms with Gasteiger partial charge in [-0.15, -0.1) is 0 Å². The maximum absolute atomic E-state index is 12.7. The summed E-state index contributed by atoms with van der Waals surface area (Å²) in [5.74, 6) is 0.161. The molecule has 0 saturated heterocycles. The Morgan fingerprint density at radius 1 is 1.12 bits per heavy atom. The molecule has 2 aromatic carbocycles. The Hall–Kier alpha value is -2.30. The van der Waals surface area contributed by atoms with Crippen molar-refractivity contribution in [2.75, 3.05) is 6.54 Å². The molecule has 0 fully saturated rings. The molecule has 0 radical (unpaired) electrons. The summed E-state index contributed by atoms with van der Waals surface area (Å²) in [4.78, 5) is 12.7. The van der Waals surface area contributed by atoms with E-state index < -0.39 is 0 Å². The topological polar surface area (TPSA) is 46.9 Å². The molecule has 0 aliphatic heterocycles. The number of nitrogens with zero attached hydrogens (tertiary/aromatic N) is 2. The molecule has 1 aromatic heterocycles. The highest BCUT2D eigenvalue weighted by Crippen LogP contribution is 2.28. The second-order valence-electron chi connectivity index (χ2n) is 6.39. The van der Waals surface area contributed by atoms with Gasteiger partial charge in [0.25, 0.3) is 5.91 Å². The van der Waals surface area contributed by atoms with Gasteiger partial charge in [-0.1, -0.05) is 61.3 Å². The Bertz CT molecular complexity index is 934. The van der Waals surface area contributed by atoms with E-state index in [9.17, 15) is 4.79 Å². The number of aromatic nitrogens is 2. The third-order valence-corrected chi connectivity index (χ3v) is 4.38. The Morgan fingerprint density at radius 2 is 1.88 bits per heavy atom. The summed E-state index contributed by atoms with van der Waals surface area (Å²) in [6.07, 6.45) is 0. The van der Waals surface area contributed by atoms with Gasteiger partial charge >= 0.3 is 0 Å². The monoisotopic (exact) mass is 387 g/mol. The van der Waals surface area contributed by atoms with Crippen LogP contribution in [0.5, 0.6) is 0 Å². The van der Waals surface area contributed by atoms with Crippen molar-refractivity contribution in [2.24, 2.45) is 5.92 Å². The van der Waals surface area contributed by atoms with Gasteiger partial charge in [0.05, 0.1) is 16.4 Å². The molecule has 0 saturated carbocycles. The van der Waals surface area contributed by atoms with Gasteiger partial charge in [-0.2, -0.15) is 5.10 Å². The maximum atomic E-state index is 12.7. The second-order valence-corrected chi connectivity index (χ2v) is 7.23. The first-order valence-corrected chi connectivity index (χ1v) is 9.10. The average molecular weight is 388 g/mol. The van der Waals surface area contributed by atoms with E-state index in [1.54, 1.807) is 28.9 Å². The van der Waals surface area contributed by atoms with E-state index in [1.165, 1.54) is 0 Å². The number of rotatable bonds is 5. The molecule has 1 heterocycles. The molecule has 6 heteroatoms. The molecule has 3 rings (SSSR count). The van der Waals surface area contributed by atoms with Gasteiger partial charge in [0.2, 0.25) is 0 Å². The van der Waals surface area contributed by atoms with Crippen LogP contribution in [0.15, 0.2) is 54.6 Å². The minimum absolute atomic E-state index is 0.190. The number of halogens is 2. The fraction of sp³-hybridized carbons (Fsp3) is 0.200. The molecule has 1 N–H and O–H groups in total. The Balaban J connectivity index is 2.09. The molecule has 4 nitrogen and oxygen atoms in total. The molecular formula is C20H19Cl2N3O. The Morgan fingerprint density at radius 3 is 2.58 bits per heavy atom. The first-order valence-electron chi connectivity index (χ1n) is 8.35. The SMILES string of the molecule is CC(C)CNC(=O)c1cc(-c2ccccc2Cl)nn1-c1cccc(Cl)c1. The zero-order chi connectivity index (χ0) is 18.7. The number of hydrogen-bond acceptors (Lipinski definition) is 2. The van der Waals surface area contributed by atoms with Crippen LogP contribution in [0.2, 0.25) is 10.0 Å². The highest BCUT2D eigenvalue weighted by atomic mass is 35.5. The van der Waals surface area contributed by atoms with Gasteiger partial charge in [0.15, 0.2) is 0 Å². The summed E-state index contributed by atoms with van der Waals surface area (Å²) in [5, 5.41) is 8.71. The van der Waals surface area contributed by atoms with Crippen molar-refractivity contribution in [1.82, 2.24) is 15.1 Å². The highest BCUT2D eigenvalue weighted by molar-refractivity contribution is 6.33. The quantitative estimate of drug-likeness (QED) is 0.651. The van der Waals surface area contributed by atoms with Crippen LogP contribution >= 0.6 is 23.2 Å². The second kappa shape index (κ2) is 7.94. The number of nitrogens with one attached hydrogen (secondary N) is 1. The number of carbonyl (C=O) groups excluding carboxylic acids is 1. The largest absolute Gasteiger partial charge is 0.350 e. The van der Waals surface area contributed by atoms with Crippen molar-refractivity contribution in [3.63, 3.8) is 0 Å². The molecule has 0 spiro atoms. The third kappa shape index (κ3) is 4.09. The fourth-order valence-corrected chi connectivity index (χ4v) is 2.95. The zero-order valence-electron chi connectivity index (χ0n) is 14.5. The highest BCUT2D eigenvalue weighted by Gasteiger charge is 2.19. The molecule has 3 aromatic rings. The lowest BCUT2D eigenvalue weighted by Crippen LogP contribution is -2.29. The van der Waals surface area contributed by atoms with E-state index in [4.69, 9.17) is 23.2 Å². The number of carbonyl (C=O) groups is 1. The van der Waals surface area contributed by atoms with Gasteiger partial charge in [-0.05, 0) is 36.2 Å². The lowest BCUT2D eigenvalue weighted by atomic mass is 10.1. The fourth-order valence-electron chi connectivity index (χ4n) is 2.54. The van der Waals surface area contributed by atoms with Gasteiger partial charge in [0, 0.05) is 17.1 Å². The van der Waals surface area contributed by atoms with Gasteiger partial charge < -0.3 is 5.32 Å². The Kier molecular flexibility index (Phi) is 5.64. The zero-order valence-corrected chi connectivity index (χ0v) is 16.1. The van der Waals surface area contributed by atoms with E-state index >= 15 is 0 Å². The first-order chi connectivity index (χ1) is 12.5. The van der Waals surface area contributed by atoms with Gasteiger partial charge in [-0.25, -0.2) is 4.68 Å². The van der Waals surface area contributed by atoms with Crippen LogP contribution in [0.4, 0.5) is 0 Å². The normalized spacial score (nSPS) is 11.0. The number of hydrogen-bond donors (Lipinski definition) is 1. The first kappa shape index (κ1) is 18.5. The minimum atomic E-state index is -0.190. The van der Waals surface area contributed by atoms with Crippen LogP contribution in [0.3, 0.4) is 0 Å². The van der Waals surface area contributed by atoms with Crippen molar-refractivity contribution in [3.05, 3.63) is 70.3 Å². The van der Waals surface area contributed by atoms with Crippen molar-refractivity contribution in [2.45, 2.75) is 13.8 Å². The van der Waals surface area contributed by atoms with E-state index in [0.29, 0.717) is 39.6 Å². The molecule has 0 bridgehead atoms. The lowest BCUT2D eigenvalue weighted by Gasteiger charge is -2.10. The van der Waals surface area contributed by atoms with E-state index in [1.807, 2.05) is 44.2 Å². The smallest absolute Gasteiger partial charge is 0.270 e. The molecule has 26 heavy (non-hydrogen) atoms. The van der Waals surface area contributed by atoms with Crippen LogP contribution in [0.1, 0.15) is 24.3 Å². The van der Waals surface area contributed by atoms with Crippen molar-refractivity contribution >= 4 is 29.1 Å². The number of benzene rings is 2. The molecule has 0 unspecified atom stereocenters. The number of amides is 1. The molecule has 0 aliphatic carbocycles. The van der Waals surface area contributed by atoms with Crippen molar-refractivity contribution in [1.29, 1.82) is 0 Å². The average Bonchev–Trinajstić information content (AvgIpc) is 3.05. The molecule has 134 valence electrons. The van der Waals surface area contributed by atoms with Gasteiger partial charge in [0.1, 0.15) is 5.69 Å². The van der Waals surface area contributed by atoms with E-state index in [0.717, 1.165) is 5.56 Å². The summed E-state index contributed by atoms with van der Waals surface area (Å²) in [6.45, 7) is 4.68. The van der Waals surface area contributed by atoms with Crippen LogP contribution in [0.25, 0.3) is 16.9 Å². The van der Waals surface area contributed by atoms with Crippen molar-refractivity contribution < 1.29 is 4.79 Å². The van der Waals surface area contributed by atoms with E-state index in [2.05, 4.69) is 10.4 Å². The van der Waals surface area contributed by atoms with Crippen LogP contribution in [-0.4, -0.2) is 22.2 Å². The summed E-state index contributed by atoms with van der Waals surface area (Å²) >= 11 is 12.4. The Labute approximate surface area is 162 Å². The lowest BCUT2D eigenvalue weighted by molar-refractivity contribution is 0.0941.